The number of nitrogens with zero attached hydrogens (tertiary/aromatic N) is 1. The summed E-state index contributed by atoms with van der Waals surface area (Å²) in [7, 11) is 0. The van der Waals surface area contributed by atoms with Gasteiger partial charge in [-0.25, -0.2) is 4.39 Å². The van der Waals surface area contributed by atoms with Crippen LogP contribution in [0.3, 0.4) is 0 Å². The van der Waals surface area contributed by atoms with E-state index in [1.54, 1.807) is 17.0 Å². The summed E-state index contributed by atoms with van der Waals surface area (Å²) in [4.78, 5) is 13.6. The van der Waals surface area contributed by atoms with Crippen molar-refractivity contribution in [1.82, 2.24) is 5.32 Å². The molecule has 1 heterocycles. The van der Waals surface area contributed by atoms with Crippen LogP contribution in [0.2, 0.25) is 0 Å². The Hall–Kier alpha value is -2.47. The fourth-order valence-corrected chi connectivity index (χ4v) is 2.82. The van der Waals surface area contributed by atoms with E-state index < -0.39 is 0 Å². The zero-order valence-electron chi connectivity index (χ0n) is 13.1. The molecule has 4 nitrogen and oxygen atoms in total. The lowest BCUT2D eigenvalue weighted by atomic mass is 10.2. The molecule has 1 saturated heterocycles. The van der Waals surface area contributed by atoms with Crippen molar-refractivity contribution in [3.63, 3.8) is 0 Å². The van der Waals surface area contributed by atoms with Crippen molar-refractivity contribution in [1.29, 1.82) is 0 Å². The minimum atomic E-state index is -0.257. The number of carbonyl (C=O) groups excluding carboxylic acids is 1. The highest BCUT2D eigenvalue weighted by molar-refractivity contribution is 7.80. The minimum Gasteiger partial charge on any atom is -0.358 e. The minimum absolute atomic E-state index is 0.157. The number of anilines is 2. The van der Waals surface area contributed by atoms with Crippen LogP contribution in [-0.2, 0) is 11.3 Å². The van der Waals surface area contributed by atoms with E-state index in [9.17, 15) is 9.18 Å². The summed E-state index contributed by atoms with van der Waals surface area (Å²) < 4.78 is 12.9. The standard InChI is InChI=1S/C18H18FN3OS/c19-14-8-6-13(7-9-14)12-20-18(24)21-15-3-1-4-16(11-15)22-10-2-5-17(22)23/h1,3-4,6-9,11H,2,5,10,12H2,(H2,20,21,24). The Balaban J connectivity index is 1.58. The third kappa shape index (κ3) is 4.08. The summed E-state index contributed by atoms with van der Waals surface area (Å²) in [6.45, 7) is 1.27. The van der Waals surface area contributed by atoms with Crippen LogP contribution in [0.4, 0.5) is 15.8 Å². The normalized spacial score (nSPS) is 13.9. The average Bonchev–Trinajstić information content (AvgIpc) is 3.01. The van der Waals surface area contributed by atoms with Gasteiger partial charge in [-0.15, -0.1) is 0 Å². The molecule has 1 amide bonds. The quantitative estimate of drug-likeness (QED) is 0.835. The van der Waals surface area contributed by atoms with Gasteiger partial charge < -0.3 is 15.5 Å². The smallest absolute Gasteiger partial charge is 0.227 e. The predicted octanol–water partition coefficient (Wildman–Crippen LogP) is 3.44. The molecule has 6 heteroatoms. The summed E-state index contributed by atoms with van der Waals surface area (Å²) in [6.07, 6.45) is 1.50. The molecule has 1 fully saturated rings. The molecule has 1 aliphatic heterocycles. The van der Waals surface area contributed by atoms with Crippen molar-refractivity contribution in [3.05, 3.63) is 59.9 Å². The first-order valence-electron chi connectivity index (χ1n) is 7.81. The van der Waals surface area contributed by atoms with Crippen LogP contribution >= 0.6 is 12.2 Å². The third-order valence-electron chi connectivity index (χ3n) is 3.86. The van der Waals surface area contributed by atoms with Crippen LogP contribution in [0.15, 0.2) is 48.5 Å². The van der Waals surface area contributed by atoms with Crippen LogP contribution in [0.1, 0.15) is 18.4 Å². The van der Waals surface area contributed by atoms with E-state index in [2.05, 4.69) is 10.6 Å². The number of rotatable bonds is 4. The highest BCUT2D eigenvalue weighted by atomic mass is 32.1. The largest absolute Gasteiger partial charge is 0.358 e. The summed E-state index contributed by atoms with van der Waals surface area (Å²) in [5, 5.41) is 6.67. The Morgan fingerprint density at radius 1 is 1.21 bits per heavy atom. The van der Waals surface area contributed by atoms with Gasteiger partial charge in [0, 0.05) is 30.9 Å². The molecule has 3 rings (SSSR count). The van der Waals surface area contributed by atoms with E-state index in [0.717, 1.165) is 29.9 Å². The van der Waals surface area contributed by atoms with Gasteiger partial charge >= 0.3 is 0 Å². The van der Waals surface area contributed by atoms with E-state index in [-0.39, 0.29) is 11.7 Å². The van der Waals surface area contributed by atoms with E-state index in [4.69, 9.17) is 12.2 Å². The monoisotopic (exact) mass is 343 g/mol. The van der Waals surface area contributed by atoms with Gasteiger partial charge in [0.1, 0.15) is 5.82 Å². The molecule has 2 aromatic rings. The Labute approximate surface area is 145 Å². The van der Waals surface area contributed by atoms with Crippen LogP contribution < -0.4 is 15.5 Å². The Kier molecular flexibility index (Phi) is 5.05. The number of nitrogens with one attached hydrogen (secondary N) is 2. The molecule has 2 aromatic carbocycles. The lowest BCUT2D eigenvalue weighted by molar-refractivity contribution is -0.117. The number of benzene rings is 2. The molecule has 0 radical (unpaired) electrons. The fourth-order valence-electron chi connectivity index (χ4n) is 2.63. The Bertz CT molecular complexity index is 748. The zero-order chi connectivity index (χ0) is 16.9. The fraction of sp³-hybridized carbons (Fsp3) is 0.222. The van der Waals surface area contributed by atoms with E-state index in [1.807, 2.05) is 24.3 Å². The van der Waals surface area contributed by atoms with Gasteiger partial charge in [-0.3, -0.25) is 4.79 Å². The van der Waals surface area contributed by atoms with Crippen molar-refractivity contribution >= 4 is 34.6 Å². The first-order chi connectivity index (χ1) is 11.6. The number of thiocarbonyl (C=S) groups is 1. The molecule has 0 bridgehead atoms. The number of carbonyl (C=O) groups is 1. The molecule has 2 N–H and O–H groups in total. The van der Waals surface area contributed by atoms with Crippen LogP contribution in [0, 0.1) is 5.82 Å². The molecule has 124 valence electrons. The van der Waals surface area contributed by atoms with Crippen LogP contribution in [-0.4, -0.2) is 17.6 Å². The molecular weight excluding hydrogens is 325 g/mol. The molecule has 0 atom stereocenters. The van der Waals surface area contributed by atoms with Crippen molar-refractivity contribution < 1.29 is 9.18 Å². The molecule has 0 saturated carbocycles. The highest BCUT2D eigenvalue weighted by Gasteiger charge is 2.21. The summed E-state index contributed by atoms with van der Waals surface area (Å²) in [5.41, 5.74) is 2.64. The van der Waals surface area contributed by atoms with Gasteiger partial charge in [-0.05, 0) is 54.5 Å². The van der Waals surface area contributed by atoms with Gasteiger partial charge in [-0.2, -0.15) is 0 Å². The summed E-state index contributed by atoms with van der Waals surface area (Å²) >= 11 is 5.29. The van der Waals surface area contributed by atoms with Crippen molar-refractivity contribution in [2.45, 2.75) is 19.4 Å². The van der Waals surface area contributed by atoms with Crippen molar-refractivity contribution in [3.8, 4) is 0 Å². The number of hydrogen-bond acceptors (Lipinski definition) is 2. The lowest BCUT2D eigenvalue weighted by Crippen LogP contribution is -2.28. The third-order valence-corrected chi connectivity index (χ3v) is 4.10. The SMILES string of the molecule is O=C1CCCN1c1cccc(NC(=S)NCc2ccc(F)cc2)c1. The molecule has 0 unspecified atom stereocenters. The first kappa shape index (κ1) is 16.4. The van der Waals surface area contributed by atoms with E-state index in [0.29, 0.717) is 18.1 Å². The van der Waals surface area contributed by atoms with E-state index >= 15 is 0 Å². The molecule has 0 aromatic heterocycles. The van der Waals surface area contributed by atoms with Gasteiger partial charge in [0.15, 0.2) is 5.11 Å². The van der Waals surface area contributed by atoms with Gasteiger partial charge in [0.25, 0.3) is 0 Å². The Morgan fingerprint density at radius 3 is 2.71 bits per heavy atom. The molecule has 0 aliphatic carbocycles. The maximum atomic E-state index is 12.9. The molecule has 1 aliphatic rings. The van der Waals surface area contributed by atoms with Gasteiger partial charge in [0.05, 0.1) is 0 Å². The summed E-state index contributed by atoms with van der Waals surface area (Å²) in [6, 6.07) is 13.9. The molecule has 24 heavy (non-hydrogen) atoms. The maximum Gasteiger partial charge on any atom is 0.227 e. The van der Waals surface area contributed by atoms with Crippen LogP contribution in [0.25, 0.3) is 0 Å². The molecular formula is C18H18FN3OS. The second-order valence-electron chi connectivity index (χ2n) is 5.63. The molecule has 0 spiro atoms. The van der Waals surface area contributed by atoms with Crippen molar-refractivity contribution in [2.24, 2.45) is 0 Å². The maximum absolute atomic E-state index is 12.9. The Morgan fingerprint density at radius 2 is 2.00 bits per heavy atom. The highest BCUT2D eigenvalue weighted by Crippen LogP contribution is 2.24. The predicted molar refractivity (Wildman–Crippen MR) is 97.5 cm³/mol. The second-order valence-corrected chi connectivity index (χ2v) is 6.04. The number of amides is 1. The number of hydrogen-bond donors (Lipinski definition) is 2. The lowest BCUT2D eigenvalue weighted by Gasteiger charge is -2.17. The topological polar surface area (TPSA) is 44.4 Å². The first-order valence-corrected chi connectivity index (χ1v) is 8.22. The second kappa shape index (κ2) is 7.40. The van der Waals surface area contributed by atoms with Crippen LogP contribution in [0.5, 0.6) is 0 Å². The van der Waals surface area contributed by atoms with Crippen molar-refractivity contribution in [2.75, 3.05) is 16.8 Å². The van der Waals surface area contributed by atoms with Gasteiger partial charge in [0.2, 0.25) is 5.91 Å². The number of halogens is 1. The summed E-state index contributed by atoms with van der Waals surface area (Å²) in [5.74, 6) is -0.100. The van der Waals surface area contributed by atoms with E-state index in [1.165, 1.54) is 12.1 Å². The van der Waals surface area contributed by atoms with Gasteiger partial charge in [-0.1, -0.05) is 18.2 Å². The zero-order valence-corrected chi connectivity index (χ0v) is 13.9. The average molecular weight is 343 g/mol.